The molecule has 1 saturated heterocycles. The first-order valence-electron chi connectivity index (χ1n) is 8.02. The van der Waals surface area contributed by atoms with E-state index in [0.29, 0.717) is 12.5 Å². The average Bonchev–Trinajstić information content (AvgIpc) is 3.26. The lowest BCUT2D eigenvalue weighted by Gasteiger charge is -2.24. The Labute approximate surface area is 141 Å². The van der Waals surface area contributed by atoms with Gasteiger partial charge in [0.2, 0.25) is 0 Å². The SMILES string of the molecule is CCN(C[C@H]1CCOC1)C(=O)Nc1cccc(-c2ccsc2)c1. The van der Waals surface area contributed by atoms with Crippen LogP contribution >= 0.6 is 11.3 Å². The van der Waals surface area contributed by atoms with Crippen LogP contribution in [0.1, 0.15) is 13.3 Å². The predicted molar refractivity (Wildman–Crippen MR) is 94.9 cm³/mol. The van der Waals surface area contributed by atoms with E-state index in [1.807, 2.05) is 30.0 Å². The van der Waals surface area contributed by atoms with Crippen LogP contribution in [-0.2, 0) is 4.74 Å². The Morgan fingerprint density at radius 2 is 2.30 bits per heavy atom. The molecule has 2 heterocycles. The molecule has 0 bridgehead atoms. The van der Waals surface area contributed by atoms with E-state index in [1.54, 1.807) is 11.3 Å². The summed E-state index contributed by atoms with van der Waals surface area (Å²) in [6.07, 6.45) is 1.04. The van der Waals surface area contributed by atoms with E-state index in [2.05, 4.69) is 28.2 Å². The molecule has 1 atom stereocenters. The van der Waals surface area contributed by atoms with Crippen LogP contribution in [0.5, 0.6) is 0 Å². The molecule has 3 rings (SSSR count). The minimum absolute atomic E-state index is 0.0399. The molecule has 2 aromatic rings. The molecule has 122 valence electrons. The Kier molecular flexibility index (Phi) is 5.31. The van der Waals surface area contributed by atoms with Gasteiger partial charge in [-0.25, -0.2) is 4.79 Å². The third-order valence-electron chi connectivity index (χ3n) is 4.14. The van der Waals surface area contributed by atoms with Crippen LogP contribution in [0, 0.1) is 5.92 Å². The molecule has 0 radical (unpaired) electrons. The number of ether oxygens (including phenoxy) is 1. The van der Waals surface area contributed by atoms with Gasteiger partial charge in [0.05, 0.1) is 6.61 Å². The molecule has 0 saturated carbocycles. The molecule has 4 nitrogen and oxygen atoms in total. The van der Waals surface area contributed by atoms with Gasteiger partial charge in [0.25, 0.3) is 0 Å². The predicted octanol–water partition coefficient (Wildman–Crippen LogP) is 4.31. The number of hydrogen-bond acceptors (Lipinski definition) is 3. The first-order chi connectivity index (χ1) is 11.3. The zero-order chi connectivity index (χ0) is 16.1. The van der Waals surface area contributed by atoms with Crippen LogP contribution in [0.4, 0.5) is 10.5 Å². The summed E-state index contributed by atoms with van der Waals surface area (Å²) in [7, 11) is 0. The summed E-state index contributed by atoms with van der Waals surface area (Å²) in [5.41, 5.74) is 3.14. The molecule has 1 fully saturated rings. The molecule has 2 amide bonds. The molecule has 0 spiro atoms. The molecular formula is C18H22N2O2S. The van der Waals surface area contributed by atoms with Crippen molar-refractivity contribution >= 4 is 23.1 Å². The van der Waals surface area contributed by atoms with E-state index in [0.717, 1.165) is 37.4 Å². The van der Waals surface area contributed by atoms with E-state index in [1.165, 1.54) is 5.56 Å². The zero-order valence-corrected chi connectivity index (χ0v) is 14.1. The van der Waals surface area contributed by atoms with E-state index in [9.17, 15) is 4.79 Å². The number of nitrogens with one attached hydrogen (secondary N) is 1. The number of rotatable bonds is 5. The topological polar surface area (TPSA) is 41.6 Å². The van der Waals surface area contributed by atoms with Crippen LogP contribution in [0.15, 0.2) is 41.1 Å². The first kappa shape index (κ1) is 16.0. The maximum atomic E-state index is 12.5. The number of urea groups is 1. The van der Waals surface area contributed by atoms with Gasteiger partial charge in [-0.3, -0.25) is 0 Å². The monoisotopic (exact) mass is 330 g/mol. The van der Waals surface area contributed by atoms with Crippen molar-refractivity contribution in [1.29, 1.82) is 0 Å². The number of carbonyl (C=O) groups excluding carboxylic acids is 1. The highest BCUT2D eigenvalue weighted by Crippen LogP contribution is 2.25. The van der Waals surface area contributed by atoms with Crippen LogP contribution in [-0.4, -0.2) is 37.2 Å². The fraction of sp³-hybridized carbons (Fsp3) is 0.389. The second kappa shape index (κ2) is 7.62. The van der Waals surface area contributed by atoms with Gasteiger partial charge >= 0.3 is 6.03 Å². The fourth-order valence-corrected chi connectivity index (χ4v) is 3.47. The van der Waals surface area contributed by atoms with Gasteiger partial charge in [-0.15, -0.1) is 0 Å². The number of hydrogen-bond donors (Lipinski definition) is 1. The molecule has 0 unspecified atom stereocenters. The number of carbonyl (C=O) groups is 1. The Morgan fingerprint density at radius 1 is 1.39 bits per heavy atom. The van der Waals surface area contributed by atoms with Gasteiger partial charge in [0.15, 0.2) is 0 Å². The Morgan fingerprint density at radius 3 is 3.00 bits per heavy atom. The molecule has 1 N–H and O–H groups in total. The smallest absolute Gasteiger partial charge is 0.321 e. The average molecular weight is 330 g/mol. The van der Waals surface area contributed by atoms with Crippen molar-refractivity contribution in [2.45, 2.75) is 13.3 Å². The molecule has 5 heteroatoms. The summed E-state index contributed by atoms with van der Waals surface area (Å²) in [4.78, 5) is 14.4. The maximum absolute atomic E-state index is 12.5. The van der Waals surface area contributed by atoms with Gasteiger partial charge in [-0.05, 0) is 53.4 Å². The molecule has 1 aromatic carbocycles. The van der Waals surface area contributed by atoms with Crippen LogP contribution < -0.4 is 5.32 Å². The second-order valence-electron chi connectivity index (χ2n) is 5.79. The highest BCUT2D eigenvalue weighted by molar-refractivity contribution is 7.08. The number of amides is 2. The van der Waals surface area contributed by atoms with Crippen molar-refractivity contribution in [3.8, 4) is 11.1 Å². The Hall–Kier alpha value is -1.85. The Balaban J connectivity index is 1.65. The van der Waals surface area contributed by atoms with Crippen molar-refractivity contribution in [1.82, 2.24) is 4.90 Å². The van der Waals surface area contributed by atoms with E-state index < -0.39 is 0 Å². The number of benzene rings is 1. The molecule has 0 aliphatic carbocycles. The molecule has 1 aliphatic rings. The van der Waals surface area contributed by atoms with Crippen molar-refractivity contribution in [3.05, 3.63) is 41.1 Å². The zero-order valence-electron chi connectivity index (χ0n) is 13.3. The quantitative estimate of drug-likeness (QED) is 0.888. The molecule has 1 aliphatic heterocycles. The van der Waals surface area contributed by atoms with Crippen LogP contribution in [0.25, 0.3) is 11.1 Å². The molecule has 1 aromatic heterocycles. The standard InChI is InChI=1S/C18H22N2O2S/c1-2-20(11-14-6-8-22-12-14)18(21)19-17-5-3-4-15(10-17)16-7-9-23-13-16/h3-5,7,9-10,13-14H,2,6,8,11-12H2,1H3,(H,19,21)/t14-/m1/s1. The van der Waals surface area contributed by atoms with E-state index in [4.69, 9.17) is 4.74 Å². The molecule has 23 heavy (non-hydrogen) atoms. The number of nitrogens with zero attached hydrogens (tertiary/aromatic N) is 1. The second-order valence-corrected chi connectivity index (χ2v) is 6.57. The van der Waals surface area contributed by atoms with Gasteiger partial charge in [-0.1, -0.05) is 12.1 Å². The summed E-state index contributed by atoms with van der Waals surface area (Å²) in [6.45, 7) is 5.04. The van der Waals surface area contributed by atoms with Crippen molar-refractivity contribution in [2.75, 3.05) is 31.6 Å². The summed E-state index contributed by atoms with van der Waals surface area (Å²) >= 11 is 1.67. The summed E-state index contributed by atoms with van der Waals surface area (Å²) in [5.74, 6) is 0.456. The number of thiophene rings is 1. The lowest BCUT2D eigenvalue weighted by Crippen LogP contribution is -2.38. The molecular weight excluding hydrogens is 308 g/mol. The van der Waals surface area contributed by atoms with Crippen LogP contribution in [0.3, 0.4) is 0 Å². The largest absolute Gasteiger partial charge is 0.381 e. The van der Waals surface area contributed by atoms with Gasteiger partial charge in [-0.2, -0.15) is 11.3 Å². The van der Waals surface area contributed by atoms with Crippen molar-refractivity contribution in [2.24, 2.45) is 5.92 Å². The minimum Gasteiger partial charge on any atom is -0.381 e. The van der Waals surface area contributed by atoms with Crippen molar-refractivity contribution in [3.63, 3.8) is 0 Å². The van der Waals surface area contributed by atoms with E-state index >= 15 is 0 Å². The third-order valence-corrected chi connectivity index (χ3v) is 4.82. The van der Waals surface area contributed by atoms with Gasteiger partial charge in [0, 0.05) is 31.3 Å². The minimum atomic E-state index is -0.0399. The lowest BCUT2D eigenvalue weighted by atomic mass is 10.1. The number of anilines is 1. The van der Waals surface area contributed by atoms with Gasteiger partial charge in [0.1, 0.15) is 0 Å². The van der Waals surface area contributed by atoms with Gasteiger partial charge < -0.3 is 15.0 Å². The van der Waals surface area contributed by atoms with Crippen molar-refractivity contribution < 1.29 is 9.53 Å². The summed E-state index contributed by atoms with van der Waals surface area (Å²) < 4.78 is 5.40. The summed E-state index contributed by atoms with van der Waals surface area (Å²) in [6, 6.07) is 10.0. The van der Waals surface area contributed by atoms with Crippen LogP contribution in [0.2, 0.25) is 0 Å². The normalized spacial score (nSPS) is 17.2. The fourth-order valence-electron chi connectivity index (χ4n) is 2.80. The lowest BCUT2D eigenvalue weighted by molar-refractivity contribution is 0.171. The highest BCUT2D eigenvalue weighted by Gasteiger charge is 2.21. The Bertz CT molecular complexity index is 636. The third kappa shape index (κ3) is 4.12. The highest BCUT2D eigenvalue weighted by atomic mass is 32.1. The first-order valence-corrected chi connectivity index (χ1v) is 8.97. The summed E-state index contributed by atoms with van der Waals surface area (Å²) in [5, 5.41) is 7.19. The maximum Gasteiger partial charge on any atom is 0.321 e. The van der Waals surface area contributed by atoms with E-state index in [-0.39, 0.29) is 6.03 Å².